The van der Waals surface area contributed by atoms with Gasteiger partial charge in [-0.05, 0) is 24.3 Å². The Kier molecular flexibility index (Phi) is 5.71. The first-order valence-electron chi connectivity index (χ1n) is 8.15. The van der Waals surface area contributed by atoms with E-state index in [0.717, 1.165) is 36.1 Å². The monoisotopic (exact) mass is 335 g/mol. The Hall–Kier alpha value is -3.22. The number of aromatic nitrogens is 4. The molecule has 0 aliphatic carbocycles. The van der Waals surface area contributed by atoms with E-state index in [9.17, 15) is 0 Å². The maximum absolute atomic E-state index is 4.31. The Labute approximate surface area is 146 Å². The normalized spacial score (nSPS) is 11.3. The van der Waals surface area contributed by atoms with Crippen LogP contribution in [0.3, 0.4) is 0 Å². The van der Waals surface area contributed by atoms with Crippen LogP contribution >= 0.6 is 0 Å². The van der Waals surface area contributed by atoms with E-state index < -0.39 is 0 Å². The van der Waals surface area contributed by atoms with Crippen molar-refractivity contribution in [2.45, 2.75) is 13.0 Å². The van der Waals surface area contributed by atoms with Gasteiger partial charge in [0.1, 0.15) is 6.33 Å². The molecule has 2 heterocycles. The molecular formula is C18H21N7. The van der Waals surface area contributed by atoms with E-state index in [0.29, 0.717) is 6.54 Å². The molecule has 0 atom stereocenters. The molecule has 2 N–H and O–H groups in total. The van der Waals surface area contributed by atoms with Crippen LogP contribution in [-0.4, -0.2) is 39.3 Å². The third kappa shape index (κ3) is 4.63. The first-order chi connectivity index (χ1) is 12.4. The van der Waals surface area contributed by atoms with Crippen LogP contribution in [0.1, 0.15) is 11.5 Å². The fourth-order valence-electron chi connectivity index (χ4n) is 2.42. The highest BCUT2D eigenvalue weighted by atomic mass is 15.3. The molecule has 0 radical (unpaired) electrons. The van der Waals surface area contributed by atoms with E-state index >= 15 is 0 Å². The number of rotatable bonds is 6. The van der Waals surface area contributed by atoms with Gasteiger partial charge in [-0.25, -0.2) is 0 Å². The third-order valence-corrected chi connectivity index (χ3v) is 3.69. The minimum Gasteiger partial charge on any atom is -0.356 e. The zero-order valence-electron chi connectivity index (χ0n) is 14.1. The molecule has 0 saturated heterocycles. The Morgan fingerprint density at radius 2 is 1.92 bits per heavy atom. The Morgan fingerprint density at radius 1 is 1.08 bits per heavy atom. The molecule has 0 unspecified atom stereocenters. The molecule has 0 spiro atoms. The van der Waals surface area contributed by atoms with Gasteiger partial charge in [-0.1, -0.05) is 24.3 Å². The summed E-state index contributed by atoms with van der Waals surface area (Å²) < 4.78 is 1.95. The lowest BCUT2D eigenvalue weighted by Gasteiger charge is -2.12. The topological polar surface area (TPSA) is 80.0 Å². The number of para-hydroxylation sites is 1. The maximum Gasteiger partial charge on any atom is 0.191 e. The third-order valence-electron chi connectivity index (χ3n) is 3.69. The lowest BCUT2D eigenvalue weighted by molar-refractivity contribution is 0.746. The van der Waals surface area contributed by atoms with Crippen molar-refractivity contribution >= 4 is 5.96 Å². The molecule has 0 aliphatic heterocycles. The summed E-state index contributed by atoms with van der Waals surface area (Å²) >= 11 is 0. The first kappa shape index (κ1) is 16.6. The van der Waals surface area contributed by atoms with Gasteiger partial charge in [0.15, 0.2) is 11.8 Å². The maximum atomic E-state index is 4.31. The Morgan fingerprint density at radius 3 is 2.68 bits per heavy atom. The predicted molar refractivity (Wildman–Crippen MR) is 97.5 cm³/mol. The van der Waals surface area contributed by atoms with Crippen LogP contribution in [-0.2, 0) is 13.0 Å². The van der Waals surface area contributed by atoms with Gasteiger partial charge in [-0.2, -0.15) is 0 Å². The summed E-state index contributed by atoms with van der Waals surface area (Å²) in [5.41, 5.74) is 2.08. The van der Waals surface area contributed by atoms with Crippen LogP contribution in [0.15, 0.2) is 66.0 Å². The quantitative estimate of drug-likeness (QED) is 0.528. The predicted octanol–water partition coefficient (Wildman–Crippen LogP) is 1.57. The minimum atomic E-state index is 0.526. The minimum absolute atomic E-state index is 0.526. The molecule has 0 saturated carbocycles. The van der Waals surface area contributed by atoms with Crippen molar-refractivity contribution in [1.82, 2.24) is 30.4 Å². The van der Waals surface area contributed by atoms with Gasteiger partial charge >= 0.3 is 0 Å². The van der Waals surface area contributed by atoms with E-state index in [1.54, 1.807) is 19.6 Å². The number of benzene rings is 1. The van der Waals surface area contributed by atoms with Gasteiger partial charge in [-0.3, -0.25) is 14.5 Å². The van der Waals surface area contributed by atoms with Crippen LogP contribution in [0.5, 0.6) is 0 Å². The molecule has 128 valence electrons. The molecule has 2 aromatic heterocycles. The van der Waals surface area contributed by atoms with Crippen LogP contribution in [0, 0.1) is 0 Å². The lowest BCUT2D eigenvalue weighted by Crippen LogP contribution is -2.38. The highest BCUT2D eigenvalue weighted by Crippen LogP contribution is 2.08. The van der Waals surface area contributed by atoms with Crippen molar-refractivity contribution in [2.75, 3.05) is 13.6 Å². The van der Waals surface area contributed by atoms with Gasteiger partial charge in [0.25, 0.3) is 0 Å². The number of pyridine rings is 1. The molecule has 7 heteroatoms. The van der Waals surface area contributed by atoms with Gasteiger partial charge in [0, 0.05) is 37.6 Å². The molecule has 7 nitrogen and oxygen atoms in total. The zero-order chi connectivity index (χ0) is 17.3. The molecule has 25 heavy (non-hydrogen) atoms. The number of nitrogens with one attached hydrogen (secondary N) is 2. The van der Waals surface area contributed by atoms with Crippen LogP contribution < -0.4 is 10.6 Å². The molecule has 0 amide bonds. The second-order valence-electron chi connectivity index (χ2n) is 5.38. The highest BCUT2D eigenvalue weighted by molar-refractivity contribution is 5.79. The van der Waals surface area contributed by atoms with E-state index in [1.165, 1.54) is 0 Å². The standard InChI is InChI=1S/C18H21N7/c1-19-18(21-12-10-15-7-5-6-11-20-15)22-13-17-24-23-14-25(17)16-8-3-2-4-9-16/h2-9,11,14H,10,12-13H2,1H3,(H2,19,21,22). The van der Waals surface area contributed by atoms with Gasteiger partial charge in [0.05, 0.1) is 6.54 Å². The summed E-state index contributed by atoms with van der Waals surface area (Å²) in [7, 11) is 1.75. The Balaban J connectivity index is 1.53. The van der Waals surface area contributed by atoms with E-state index in [2.05, 4.69) is 30.8 Å². The van der Waals surface area contributed by atoms with Crippen molar-refractivity contribution in [3.05, 3.63) is 72.6 Å². The molecule has 3 aromatic rings. The van der Waals surface area contributed by atoms with Gasteiger partial charge in [-0.15, -0.1) is 10.2 Å². The smallest absolute Gasteiger partial charge is 0.191 e. The average Bonchev–Trinajstić information content (AvgIpc) is 3.14. The lowest BCUT2D eigenvalue weighted by atomic mass is 10.3. The van der Waals surface area contributed by atoms with Crippen molar-refractivity contribution < 1.29 is 0 Å². The molecule has 0 bridgehead atoms. The molecular weight excluding hydrogens is 314 g/mol. The second-order valence-corrected chi connectivity index (χ2v) is 5.38. The number of guanidine groups is 1. The van der Waals surface area contributed by atoms with Crippen molar-refractivity contribution in [1.29, 1.82) is 0 Å². The molecule has 0 fully saturated rings. The van der Waals surface area contributed by atoms with Gasteiger partial charge in [0.2, 0.25) is 0 Å². The van der Waals surface area contributed by atoms with E-state index in [4.69, 9.17) is 0 Å². The average molecular weight is 335 g/mol. The van der Waals surface area contributed by atoms with Crippen LogP contribution in [0.25, 0.3) is 5.69 Å². The highest BCUT2D eigenvalue weighted by Gasteiger charge is 2.07. The number of hydrogen-bond acceptors (Lipinski definition) is 4. The van der Waals surface area contributed by atoms with Crippen molar-refractivity contribution in [3.8, 4) is 5.69 Å². The summed E-state index contributed by atoms with van der Waals surface area (Å²) in [4.78, 5) is 8.55. The van der Waals surface area contributed by atoms with Crippen LogP contribution in [0.4, 0.5) is 0 Å². The van der Waals surface area contributed by atoms with Gasteiger partial charge < -0.3 is 10.6 Å². The summed E-state index contributed by atoms with van der Waals surface area (Å²) in [5, 5.41) is 14.7. The number of nitrogens with zero attached hydrogens (tertiary/aromatic N) is 5. The Bertz CT molecular complexity index is 797. The first-order valence-corrected chi connectivity index (χ1v) is 8.15. The summed E-state index contributed by atoms with van der Waals surface area (Å²) in [6.45, 7) is 1.28. The summed E-state index contributed by atoms with van der Waals surface area (Å²) in [5.74, 6) is 1.54. The second kappa shape index (κ2) is 8.58. The number of aliphatic imine (C=N–C) groups is 1. The molecule has 0 aliphatic rings. The SMILES string of the molecule is CN=C(NCCc1ccccn1)NCc1nncn1-c1ccccc1. The van der Waals surface area contributed by atoms with Crippen LogP contribution in [0.2, 0.25) is 0 Å². The van der Waals surface area contributed by atoms with Crippen molar-refractivity contribution in [2.24, 2.45) is 4.99 Å². The summed E-state index contributed by atoms with van der Waals surface area (Å²) in [6, 6.07) is 15.9. The zero-order valence-corrected chi connectivity index (χ0v) is 14.1. The van der Waals surface area contributed by atoms with E-state index in [1.807, 2.05) is 53.1 Å². The molecule has 3 rings (SSSR count). The van der Waals surface area contributed by atoms with E-state index in [-0.39, 0.29) is 0 Å². The van der Waals surface area contributed by atoms with Crippen molar-refractivity contribution in [3.63, 3.8) is 0 Å². The number of hydrogen-bond donors (Lipinski definition) is 2. The fraction of sp³-hybridized carbons (Fsp3) is 0.222. The fourth-order valence-corrected chi connectivity index (χ4v) is 2.42. The molecule has 1 aromatic carbocycles. The summed E-state index contributed by atoms with van der Waals surface area (Å²) in [6.07, 6.45) is 4.35. The largest absolute Gasteiger partial charge is 0.356 e.